The molecule has 0 unspecified atom stereocenters. The summed E-state index contributed by atoms with van der Waals surface area (Å²) >= 11 is 0. The molecule has 2 N–H and O–H groups in total. The maximum Gasteiger partial charge on any atom is 0.190 e. The quantitative estimate of drug-likeness (QED) is 0.241. The number of hydrogen-bond acceptors (Lipinski definition) is 3. The van der Waals surface area contributed by atoms with Crippen molar-refractivity contribution in [2.75, 3.05) is 59.4 Å². The van der Waals surface area contributed by atoms with Crippen LogP contribution in [-0.2, 0) is 6.42 Å². The Balaban J connectivity index is 0.00000364. The molecule has 1 aliphatic heterocycles. The second-order valence-electron chi connectivity index (χ2n) is 6.75. The van der Waals surface area contributed by atoms with Gasteiger partial charge in [0, 0.05) is 46.3 Å². The van der Waals surface area contributed by atoms with E-state index in [9.17, 15) is 4.39 Å². The molecule has 1 aromatic rings. The molecular formula is C20H35FIN5. The second-order valence-corrected chi connectivity index (χ2v) is 6.75. The fraction of sp³-hybridized carbons (Fsp3) is 0.650. The van der Waals surface area contributed by atoms with Crippen molar-refractivity contribution in [3.05, 3.63) is 35.6 Å². The van der Waals surface area contributed by atoms with Gasteiger partial charge < -0.3 is 20.4 Å². The van der Waals surface area contributed by atoms with Gasteiger partial charge in [-0.3, -0.25) is 4.99 Å². The number of halogens is 2. The summed E-state index contributed by atoms with van der Waals surface area (Å²) in [6, 6.07) is 6.92. The molecule has 0 aliphatic carbocycles. The number of nitrogens with one attached hydrogen (secondary N) is 2. The molecule has 154 valence electrons. The van der Waals surface area contributed by atoms with E-state index in [4.69, 9.17) is 0 Å². The molecule has 1 aliphatic rings. The predicted octanol–water partition coefficient (Wildman–Crippen LogP) is 2.57. The first-order chi connectivity index (χ1) is 12.7. The van der Waals surface area contributed by atoms with E-state index in [-0.39, 0.29) is 29.8 Å². The van der Waals surface area contributed by atoms with Crippen molar-refractivity contribution in [1.82, 2.24) is 20.4 Å². The average Bonchev–Trinajstić information content (AvgIpc) is 2.68. The highest BCUT2D eigenvalue weighted by molar-refractivity contribution is 14.0. The Morgan fingerprint density at radius 1 is 1.04 bits per heavy atom. The average molecular weight is 491 g/mol. The van der Waals surface area contributed by atoms with Gasteiger partial charge in [-0.25, -0.2) is 4.39 Å². The summed E-state index contributed by atoms with van der Waals surface area (Å²) in [5.74, 6) is 0.648. The van der Waals surface area contributed by atoms with Crippen LogP contribution < -0.4 is 10.6 Å². The van der Waals surface area contributed by atoms with Gasteiger partial charge in [0.1, 0.15) is 5.82 Å². The highest BCUT2D eigenvalue weighted by Crippen LogP contribution is 2.06. The highest BCUT2D eigenvalue weighted by Gasteiger charge is 2.14. The minimum atomic E-state index is -0.142. The van der Waals surface area contributed by atoms with Crippen molar-refractivity contribution in [1.29, 1.82) is 0 Å². The molecule has 27 heavy (non-hydrogen) atoms. The van der Waals surface area contributed by atoms with Crippen LogP contribution in [0.1, 0.15) is 25.3 Å². The topological polar surface area (TPSA) is 42.9 Å². The van der Waals surface area contributed by atoms with Crippen molar-refractivity contribution >= 4 is 29.9 Å². The lowest BCUT2D eigenvalue weighted by molar-refractivity contribution is 0.136. The number of nitrogens with zero attached hydrogens (tertiary/aromatic N) is 3. The van der Waals surface area contributed by atoms with Crippen molar-refractivity contribution in [2.24, 2.45) is 4.99 Å². The van der Waals surface area contributed by atoms with Crippen LogP contribution in [0, 0.1) is 5.82 Å². The minimum Gasteiger partial charge on any atom is -0.356 e. The smallest absolute Gasteiger partial charge is 0.190 e. The van der Waals surface area contributed by atoms with Crippen LogP contribution in [0.5, 0.6) is 0 Å². The summed E-state index contributed by atoms with van der Waals surface area (Å²) in [4.78, 5) is 9.30. The Bertz CT molecular complexity index is 547. The van der Waals surface area contributed by atoms with Crippen molar-refractivity contribution in [3.63, 3.8) is 0 Å². The number of hydrogen-bond donors (Lipinski definition) is 2. The van der Waals surface area contributed by atoms with Crippen LogP contribution in [0.3, 0.4) is 0 Å². The molecule has 0 amide bonds. The molecule has 2 rings (SSSR count). The van der Waals surface area contributed by atoms with Gasteiger partial charge in [0.05, 0.1) is 0 Å². The fourth-order valence-corrected chi connectivity index (χ4v) is 3.23. The van der Waals surface area contributed by atoms with Gasteiger partial charge in [-0.15, -0.1) is 24.0 Å². The number of aliphatic imine (C=N–C) groups is 1. The number of rotatable bonds is 9. The van der Waals surface area contributed by atoms with E-state index in [1.165, 1.54) is 51.8 Å². The maximum atomic E-state index is 13.6. The van der Waals surface area contributed by atoms with Crippen molar-refractivity contribution in [3.8, 4) is 0 Å². The third-order valence-electron chi connectivity index (χ3n) is 4.97. The Morgan fingerprint density at radius 2 is 1.70 bits per heavy atom. The van der Waals surface area contributed by atoms with E-state index in [2.05, 4.69) is 32.3 Å². The first-order valence-electron chi connectivity index (χ1n) is 9.85. The zero-order chi connectivity index (χ0) is 18.6. The van der Waals surface area contributed by atoms with Gasteiger partial charge in [0.15, 0.2) is 5.96 Å². The lowest BCUT2D eigenvalue weighted by atomic mass is 10.1. The molecule has 1 fully saturated rings. The highest BCUT2D eigenvalue weighted by atomic mass is 127. The van der Waals surface area contributed by atoms with E-state index < -0.39 is 0 Å². The largest absolute Gasteiger partial charge is 0.356 e. The Hall–Kier alpha value is -0.930. The third kappa shape index (κ3) is 9.21. The fourth-order valence-electron chi connectivity index (χ4n) is 3.23. The molecule has 1 saturated heterocycles. The van der Waals surface area contributed by atoms with Crippen molar-refractivity contribution in [2.45, 2.75) is 26.2 Å². The molecule has 5 nitrogen and oxygen atoms in total. The summed E-state index contributed by atoms with van der Waals surface area (Å²) in [5, 5.41) is 6.60. The standard InChI is InChI=1S/C20H34FN5.HI/c1-3-25-14-16-26(17-15-25)13-7-6-11-23-20(22-2)24-12-10-18-8-4-5-9-19(18)21;/h4-5,8-9H,3,6-7,10-17H2,1-2H3,(H2,22,23,24);1H. The molecular weight excluding hydrogens is 456 g/mol. The van der Waals surface area contributed by atoms with Gasteiger partial charge in [0.25, 0.3) is 0 Å². The third-order valence-corrected chi connectivity index (χ3v) is 4.97. The van der Waals surface area contributed by atoms with Gasteiger partial charge in [-0.2, -0.15) is 0 Å². The lowest BCUT2D eigenvalue weighted by Crippen LogP contribution is -2.46. The molecule has 0 aromatic heterocycles. The first-order valence-corrected chi connectivity index (χ1v) is 9.85. The Kier molecular flexibility index (Phi) is 12.6. The van der Waals surface area contributed by atoms with Crippen LogP contribution in [0.4, 0.5) is 4.39 Å². The SMILES string of the molecule is CCN1CCN(CCCCNC(=NC)NCCc2ccccc2F)CC1.I. The number of likely N-dealkylation sites (N-methyl/N-ethyl adjacent to an activating group) is 1. The zero-order valence-corrected chi connectivity index (χ0v) is 19.0. The number of guanidine groups is 1. The predicted molar refractivity (Wildman–Crippen MR) is 123 cm³/mol. The Morgan fingerprint density at radius 3 is 2.37 bits per heavy atom. The maximum absolute atomic E-state index is 13.6. The summed E-state index contributed by atoms with van der Waals surface area (Å²) in [5.41, 5.74) is 0.735. The van der Waals surface area contributed by atoms with Crippen LogP contribution in [-0.4, -0.2) is 75.2 Å². The van der Waals surface area contributed by atoms with Gasteiger partial charge in [-0.05, 0) is 44.0 Å². The molecule has 0 bridgehead atoms. The zero-order valence-electron chi connectivity index (χ0n) is 16.7. The van der Waals surface area contributed by atoms with Crippen molar-refractivity contribution < 1.29 is 4.39 Å². The second kappa shape index (κ2) is 14.1. The van der Waals surface area contributed by atoms with E-state index in [1.54, 1.807) is 13.1 Å². The van der Waals surface area contributed by atoms with Gasteiger partial charge in [-0.1, -0.05) is 25.1 Å². The van der Waals surface area contributed by atoms with E-state index in [0.717, 1.165) is 24.5 Å². The van der Waals surface area contributed by atoms with Gasteiger partial charge in [0.2, 0.25) is 0 Å². The summed E-state index contributed by atoms with van der Waals surface area (Å²) < 4.78 is 13.6. The van der Waals surface area contributed by atoms with Gasteiger partial charge >= 0.3 is 0 Å². The normalized spacial score (nSPS) is 16.0. The molecule has 0 atom stereocenters. The number of piperazine rings is 1. The van der Waals surface area contributed by atoms with Crippen LogP contribution in [0.25, 0.3) is 0 Å². The molecule has 0 radical (unpaired) electrons. The molecule has 1 heterocycles. The summed E-state index contributed by atoms with van der Waals surface area (Å²) in [7, 11) is 1.77. The number of unbranched alkanes of at least 4 members (excludes halogenated alkanes) is 1. The first kappa shape index (κ1) is 24.1. The Labute approximate surface area is 180 Å². The molecule has 1 aromatic carbocycles. The van der Waals surface area contributed by atoms with Crippen LogP contribution >= 0.6 is 24.0 Å². The summed E-state index contributed by atoms with van der Waals surface area (Å²) in [6.07, 6.45) is 2.98. The van der Waals surface area contributed by atoms with E-state index in [0.29, 0.717) is 13.0 Å². The molecule has 0 saturated carbocycles. The van der Waals surface area contributed by atoms with E-state index >= 15 is 0 Å². The minimum absolute atomic E-state index is 0. The van der Waals surface area contributed by atoms with E-state index in [1.807, 2.05) is 12.1 Å². The monoisotopic (exact) mass is 491 g/mol. The van der Waals surface area contributed by atoms with Crippen LogP contribution in [0.15, 0.2) is 29.3 Å². The molecule has 7 heteroatoms. The lowest BCUT2D eigenvalue weighted by Gasteiger charge is -2.34. The summed E-state index contributed by atoms with van der Waals surface area (Å²) in [6.45, 7) is 11.0. The molecule has 0 spiro atoms. The van der Waals surface area contributed by atoms with Crippen LogP contribution in [0.2, 0.25) is 0 Å². The number of benzene rings is 1.